The molecule has 0 amide bonds. The van der Waals surface area contributed by atoms with Crippen LogP contribution in [0.2, 0.25) is 0 Å². The van der Waals surface area contributed by atoms with Gasteiger partial charge in [-0.1, -0.05) is 24.3 Å². The van der Waals surface area contributed by atoms with Gasteiger partial charge in [0, 0.05) is 18.1 Å². The van der Waals surface area contributed by atoms with E-state index in [0.717, 1.165) is 5.69 Å². The zero-order valence-corrected chi connectivity index (χ0v) is 10.6. The molecule has 1 saturated heterocycles. The third-order valence-electron chi connectivity index (χ3n) is 4.29. The van der Waals surface area contributed by atoms with Crippen LogP contribution in [0.4, 0.5) is 0 Å². The Morgan fingerprint density at radius 2 is 2.21 bits per heavy atom. The van der Waals surface area contributed by atoms with Crippen LogP contribution in [-0.4, -0.2) is 34.0 Å². The molecular formula is C15H16N2O2. The van der Waals surface area contributed by atoms with Gasteiger partial charge in [0.25, 0.3) is 0 Å². The predicted octanol–water partition coefficient (Wildman–Crippen LogP) is 1.85. The molecule has 0 saturated carbocycles. The van der Waals surface area contributed by atoms with Crippen LogP contribution in [0.5, 0.6) is 0 Å². The van der Waals surface area contributed by atoms with E-state index in [1.807, 2.05) is 18.6 Å². The Bertz CT molecular complexity index is 608. The summed E-state index contributed by atoms with van der Waals surface area (Å²) in [6.45, 7) is 1.26. The standard InChI is InChI=1S/C15H16N2O2/c18-14-5-6-19-8-12(14)15-11-4-2-1-3-10(11)13-7-16-9-17(13)15/h1-4,7,9,12,14-15,18H,5-6,8H2/t12-,14-,15?/m0/s1. The summed E-state index contributed by atoms with van der Waals surface area (Å²) in [6.07, 6.45) is 4.17. The molecule has 1 unspecified atom stereocenters. The number of imidazole rings is 1. The van der Waals surface area contributed by atoms with E-state index in [2.05, 4.69) is 27.8 Å². The highest BCUT2D eigenvalue weighted by atomic mass is 16.5. The molecule has 3 atom stereocenters. The second-order valence-electron chi connectivity index (χ2n) is 5.31. The Morgan fingerprint density at radius 1 is 1.32 bits per heavy atom. The molecule has 2 aliphatic rings. The Kier molecular flexibility index (Phi) is 2.47. The van der Waals surface area contributed by atoms with Crippen LogP contribution < -0.4 is 0 Å². The lowest BCUT2D eigenvalue weighted by atomic mass is 9.86. The zero-order valence-electron chi connectivity index (χ0n) is 10.6. The number of hydrogen-bond donors (Lipinski definition) is 1. The Morgan fingerprint density at radius 3 is 3.11 bits per heavy atom. The number of hydrogen-bond acceptors (Lipinski definition) is 3. The topological polar surface area (TPSA) is 47.3 Å². The molecule has 1 aromatic carbocycles. The monoisotopic (exact) mass is 256 g/mol. The fraction of sp³-hybridized carbons (Fsp3) is 0.400. The van der Waals surface area contributed by atoms with Crippen molar-refractivity contribution in [3.05, 3.63) is 42.4 Å². The van der Waals surface area contributed by atoms with Crippen molar-refractivity contribution < 1.29 is 9.84 Å². The third-order valence-corrected chi connectivity index (χ3v) is 4.29. The molecule has 0 aliphatic carbocycles. The van der Waals surface area contributed by atoms with Crippen LogP contribution in [0.25, 0.3) is 11.3 Å². The summed E-state index contributed by atoms with van der Waals surface area (Å²) in [5.41, 5.74) is 3.63. The van der Waals surface area contributed by atoms with Crippen LogP contribution >= 0.6 is 0 Å². The Labute approximate surface area is 111 Å². The Balaban J connectivity index is 1.84. The molecule has 1 fully saturated rings. The van der Waals surface area contributed by atoms with E-state index in [-0.39, 0.29) is 18.1 Å². The molecule has 19 heavy (non-hydrogen) atoms. The quantitative estimate of drug-likeness (QED) is 0.847. The second-order valence-corrected chi connectivity index (χ2v) is 5.31. The lowest BCUT2D eigenvalue weighted by Gasteiger charge is -2.33. The first kappa shape index (κ1) is 11.2. The van der Waals surface area contributed by atoms with Crippen molar-refractivity contribution in [2.45, 2.75) is 18.6 Å². The van der Waals surface area contributed by atoms with Crippen molar-refractivity contribution in [1.82, 2.24) is 9.55 Å². The van der Waals surface area contributed by atoms with Gasteiger partial charge >= 0.3 is 0 Å². The maximum Gasteiger partial charge on any atom is 0.0956 e. The van der Waals surface area contributed by atoms with Gasteiger partial charge in [-0.3, -0.25) is 0 Å². The van der Waals surface area contributed by atoms with Gasteiger partial charge in [0.05, 0.1) is 37.0 Å². The largest absolute Gasteiger partial charge is 0.393 e. The van der Waals surface area contributed by atoms with Gasteiger partial charge < -0.3 is 14.4 Å². The molecule has 98 valence electrons. The number of benzene rings is 1. The fourth-order valence-corrected chi connectivity index (χ4v) is 3.36. The smallest absolute Gasteiger partial charge is 0.0956 e. The molecule has 0 bridgehead atoms. The molecule has 2 aliphatic heterocycles. The van der Waals surface area contributed by atoms with Crippen molar-refractivity contribution >= 4 is 0 Å². The molecular weight excluding hydrogens is 240 g/mol. The van der Waals surface area contributed by atoms with Crippen molar-refractivity contribution in [1.29, 1.82) is 0 Å². The minimum atomic E-state index is -0.305. The summed E-state index contributed by atoms with van der Waals surface area (Å²) in [4.78, 5) is 4.25. The normalized spacial score (nSPS) is 29.0. The van der Waals surface area contributed by atoms with E-state index in [1.54, 1.807) is 0 Å². The summed E-state index contributed by atoms with van der Waals surface area (Å²) in [5, 5.41) is 10.3. The molecule has 2 aromatic rings. The van der Waals surface area contributed by atoms with Crippen LogP contribution in [0.3, 0.4) is 0 Å². The molecule has 0 spiro atoms. The van der Waals surface area contributed by atoms with E-state index in [9.17, 15) is 5.11 Å². The van der Waals surface area contributed by atoms with Crippen molar-refractivity contribution in [2.75, 3.05) is 13.2 Å². The molecule has 3 heterocycles. The van der Waals surface area contributed by atoms with Crippen molar-refractivity contribution in [2.24, 2.45) is 5.92 Å². The van der Waals surface area contributed by atoms with Crippen LogP contribution in [0.15, 0.2) is 36.8 Å². The molecule has 1 aromatic heterocycles. The number of fused-ring (bicyclic) bond motifs is 3. The van der Waals surface area contributed by atoms with Gasteiger partial charge in [-0.05, 0) is 12.0 Å². The number of aliphatic hydroxyl groups excluding tert-OH is 1. The fourth-order valence-electron chi connectivity index (χ4n) is 3.36. The average molecular weight is 256 g/mol. The van der Waals surface area contributed by atoms with Crippen molar-refractivity contribution in [3.63, 3.8) is 0 Å². The van der Waals surface area contributed by atoms with E-state index in [4.69, 9.17) is 4.74 Å². The highest BCUT2D eigenvalue weighted by Crippen LogP contribution is 2.44. The molecule has 4 rings (SSSR count). The summed E-state index contributed by atoms with van der Waals surface area (Å²) in [5.74, 6) is 0.102. The number of aliphatic hydroxyl groups is 1. The molecule has 4 nitrogen and oxygen atoms in total. The summed E-state index contributed by atoms with van der Waals surface area (Å²) in [6, 6.07) is 8.52. The van der Waals surface area contributed by atoms with Gasteiger partial charge in [-0.2, -0.15) is 0 Å². The van der Waals surface area contributed by atoms with Gasteiger partial charge in [0.1, 0.15) is 0 Å². The number of rotatable bonds is 1. The molecule has 4 heteroatoms. The predicted molar refractivity (Wildman–Crippen MR) is 70.7 cm³/mol. The summed E-state index contributed by atoms with van der Waals surface area (Å²) >= 11 is 0. The van der Waals surface area contributed by atoms with Crippen LogP contribution in [0.1, 0.15) is 18.0 Å². The number of nitrogens with zero attached hydrogens (tertiary/aromatic N) is 2. The van der Waals surface area contributed by atoms with Crippen LogP contribution in [-0.2, 0) is 4.74 Å². The SMILES string of the molecule is O[C@H]1CCOC[C@@H]1C1c2ccccc2-c2cncn21. The average Bonchev–Trinajstić information content (AvgIpc) is 3.00. The van der Waals surface area contributed by atoms with Gasteiger partial charge in [0.15, 0.2) is 0 Å². The summed E-state index contributed by atoms with van der Waals surface area (Å²) < 4.78 is 7.75. The zero-order chi connectivity index (χ0) is 12.8. The van der Waals surface area contributed by atoms with E-state index in [0.29, 0.717) is 19.6 Å². The minimum Gasteiger partial charge on any atom is -0.393 e. The molecule has 0 radical (unpaired) electrons. The van der Waals surface area contributed by atoms with E-state index < -0.39 is 0 Å². The maximum atomic E-state index is 10.3. The summed E-state index contributed by atoms with van der Waals surface area (Å²) in [7, 11) is 0. The highest BCUT2D eigenvalue weighted by molar-refractivity contribution is 5.69. The lowest BCUT2D eigenvalue weighted by molar-refractivity contribution is -0.0481. The Hall–Kier alpha value is -1.65. The lowest BCUT2D eigenvalue weighted by Crippen LogP contribution is -2.37. The highest BCUT2D eigenvalue weighted by Gasteiger charge is 2.39. The van der Waals surface area contributed by atoms with E-state index >= 15 is 0 Å². The van der Waals surface area contributed by atoms with Gasteiger partial charge in [-0.15, -0.1) is 0 Å². The number of ether oxygens (including phenoxy) is 1. The number of aromatic nitrogens is 2. The van der Waals surface area contributed by atoms with Crippen LogP contribution in [0, 0.1) is 5.92 Å². The second kappa shape index (κ2) is 4.18. The van der Waals surface area contributed by atoms with Crippen molar-refractivity contribution in [3.8, 4) is 11.3 Å². The van der Waals surface area contributed by atoms with Gasteiger partial charge in [0.2, 0.25) is 0 Å². The first-order valence-corrected chi connectivity index (χ1v) is 6.73. The van der Waals surface area contributed by atoms with Gasteiger partial charge in [-0.25, -0.2) is 4.98 Å². The first-order valence-electron chi connectivity index (χ1n) is 6.73. The molecule has 1 N–H and O–H groups in total. The minimum absolute atomic E-state index is 0.102. The first-order chi connectivity index (χ1) is 9.36. The van der Waals surface area contributed by atoms with E-state index in [1.165, 1.54) is 11.1 Å². The maximum absolute atomic E-state index is 10.3. The third kappa shape index (κ3) is 1.57.